The molecule has 3 unspecified atom stereocenters. The molecule has 2 bridgehead atoms. The summed E-state index contributed by atoms with van der Waals surface area (Å²) in [6.45, 7) is 0.898. The minimum Gasteiger partial charge on any atom is -0.362 e. The Morgan fingerprint density at radius 3 is 2.65 bits per heavy atom. The second-order valence-corrected chi connectivity index (χ2v) is 6.37. The minimum absolute atomic E-state index is 0.143. The number of carbonyl (C=O) groups is 1. The zero-order chi connectivity index (χ0) is 13.9. The van der Waals surface area contributed by atoms with Crippen molar-refractivity contribution in [3.05, 3.63) is 35.9 Å². The number of fused-ring (bicyclic) bond motifs is 2. The summed E-state index contributed by atoms with van der Waals surface area (Å²) in [5.41, 5.74) is 0.636. The third kappa shape index (κ3) is 3.01. The smallest absolute Gasteiger partial charge is 0.257 e. The Morgan fingerprint density at radius 2 is 2.00 bits per heavy atom. The van der Waals surface area contributed by atoms with E-state index in [1.807, 2.05) is 18.2 Å². The minimum atomic E-state index is -0.143. The SMILES string of the molecule is O=C(NC(=S)NCC1CC2CCC1C2)c1ccccc1. The maximum absolute atomic E-state index is 11.9. The van der Waals surface area contributed by atoms with Crippen LogP contribution in [0.3, 0.4) is 0 Å². The van der Waals surface area contributed by atoms with E-state index in [0.717, 1.165) is 24.3 Å². The van der Waals surface area contributed by atoms with E-state index < -0.39 is 0 Å². The third-order valence-electron chi connectivity index (χ3n) is 4.67. The molecule has 2 fully saturated rings. The molecule has 0 spiro atoms. The van der Waals surface area contributed by atoms with Gasteiger partial charge in [-0.05, 0) is 61.4 Å². The summed E-state index contributed by atoms with van der Waals surface area (Å²) in [6, 6.07) is 9.16. The fraction of sp³-hybridized carbons (Fsp3) is 0.500. The average molecular weight is 288 g/mol. The van der Waals surface area contributed by atoms with Crippen molar-refractivity contribution in [2.75, 3.05) is 6.54 Å². The highest BCUT2D eigenvalue weighted by atomic mass is 32.1. The zero-order valence-corrected chi connectivity index (χ0v) is 12.3. The molecular formula is C16H20N2OS. The summed E-state index contributed by atoms with van der Waals surface area (Å²) >= 11 is 5.21. The van der Waals surface area contributed by atoms with E-state index in [9.17, 15) is 4.79 Å². The Morgan fingerprint density at radius 1 is 1.20 bits per heavy atom. The number of benzene rings is 1. The number of thiocarbonyl (C=S) groups is 1. The maximum atomic E-state index is 11.9. The van der Waals surface area contributed by atoms with Crippen LogP contribution in [0.4, 0.5) is 0 Å². The van der Waals surface area contributed by atoms with Crippen LogP contribution in [0.1, 0.15) is 36.0 Å². The van der Waals surface area contributed by atoms with Crippen molar-refractivity contribution >= 4 is 23.2 Å². The van der Waals surface area contributed by atoms with Crippen LogP contribution in [0.5, 0.6) is 0 Å². The van der Waals surface area contributed by atoms with Crippen molar-refractivity contribution in [3.8, 4) is 0 Å². The first-order valence-corrected chi connectivity index (χ1v) is 7.77. The van der Waals surface area contributed by atoms with E-state index in [-0.39, 0.29) is 5.91 Å². The molecule has 2 N–H and O–H groups in total. The van der Waals surface area contributed by atoms with E-state index in [1.165, 1.54) is 25.7 Å². The molecule has 0 saturated heterocycles. The van der Waals surface area contributed by atoms with Crippen LogP contribution in [-0.4, -0.2) is 17.6 Å². The van der Waals surface area contributed by atoms with Gasteiger partial charge in [0.15, 0.2) is 5.11 Å². The molecule has 0 aromatic heterocycles. The highest BCUT2D eigenvalue weighted by Crippen LogP contribution is 2.47. The Balaban J connectivity index is 1.45. The van der Waals surface area contributed by atoms with E-state index in [0.29, 0.717) is 10.7 Å². The second kappa shape index (κ2) is 5.92. The summed E-state index contributed by atoms with van der Waals surface area (Å²) in [4.78, 5) is 11.9. The van der Waals surface area contributed by atoms with Gasteiger partial charge < -0.3 is 5.32 Å². The molecule has 0 radical (unpaired) electrons. The van der Waals surface area contributed by atoms with E-state index >= 15 is 0 Å². The molecule has 2 aliphatic rings. The van der Waals surface area contributed by atoms with Crippen molar-refractivity contribution < 1.29 is 4.79 Å². The monoisotopic (exact) mass is 288 g/mol. The molecule has 3 rings (SSSR count). The molecule has 1 aromatic carbocycles. The summed E-state index contributed by atoms with van der Waals surface area (Å²) in [7, 11) is 0. The van der Waals surface area contributed by atoms with Gasteiger partial charge >= 0.3 is 0 Å². The van der Waals surface area contributed by atoms with Gasteiger partial charge in [-0.2, -0.15) is 0 Å². The molecule has 106 valence electrons. The molecule has 4 heteroatoms. The predicted molar refractivity (Wildman–Crippen MR) is 83.4 cm³/mol. The van der Waals surface area contributed by atoms with Crippen molar-refractivity contribution in [3.63, 3.8) is 0 Å². The van der Waals surface area contributed by atoms with Gasteiger partial charge in [-0.15, -0.1) is 0 Å². The molecule has 0 aliphatic heterocycles. The first kappa shape index (κ1) is 13.6. The van der Waals surface area contributed by atoms with Crippen LogP contribution in [0.15, 0.2) is 30.3 Å². The molecule has 2 aliphatic carbocycles. The number of nitrogens with one attached hydrogen (secondary N) is 2. The van der Waals surface area contributed by atoms with Crippen LogP contribution in [0.2, 0.25) is 0 Å². The van der Waals surface area contributed by atoms with Gasteiger partial charge in [0.05, 0.1) is 0 Å². The van der Waals surface area contributed by atoms with Crippen LogP contribution in [0.25, 0.3) is 0 Å². The number of hydrogen-bond donors (Lipinski definition) is 2. The molecule has 20 heavy (non-hydrogen) atoms. The second-order valence-electron chi connectivity index (χ2n) is 5.97. The molecule has 3 atom stereocenters. The predicted octanol–water partition coefficient (Wildman–Crippen LogP) is 2.73. The summed E-state index contributed by atoms with van der Waals surface area (Å²) in [5.74, 6) is 2.41. The molecular weight excluding hydrogens is 268 g/mol. The standard InChI is InChI=1S/C16H20N2OS/c19-15(12-4-2-1-3-5-12)18-16(20)17-10-14-9-11-6-7-13(14)8-11/h1-5,11,13-14H,6-10H2,(H2,17,18,19,20). The Hall–Kier alpha value is -1.42. The van der Waals surface area contributed by atoms with Crippen LogP contribution >= 0.6 is 12.2 Å². The molecule has 0 heterocycles. The van der Waals surface area contributed by atoms with E-state index in [1.54, 1.807) is 12.1 Å². The Labute approximate surface area is 125 Å². The van der Waals surface area contributed by atoms with Gasteiger partial charge in [-0.3, -0.25) is 10.1 Å². The summed E-state index contributed by atoms with van der Waals surface area (Å²) < 4.78 is 0. The van der Waals surface area contributed by atoms with E-state index in [2.05, 4.69) is 10.6 Å². The molecule has 2 saturated carbocycles. The topological polar surface area (TPSA) is 41.1 Å². The lowest BCUT2D eigenvalue weighted by atomic mass is 9.89. The lowest BCUT2D eigenvalue weighted by Crippen LogP contribution is -2.41. The van der Waals surface area contributed by atoms with Crippen LogP contribution in [0, 0.1) is 17.8 Å². The molecule has 1 aromatic rings. The number of carbonyl (C=O) groups excluding carboxylic acids is 1. The highest BCUT2D eigenvalue weighted by molar-refractivity contribution is 7.80. The first-order valence-electron chi connectivity index (χ1n) is 7.36. The fourth-order valence-electron chi connectivity index (χ4n) is 3.66. The first-order chi connectivity index (χ1) is 9.72. The zero-order valence-electron chi connectivity index (χ0n) is 11.5. The number of hydrogen-bond acceptors (Lipinski definition) is 2. The highest BCUT2D eigenvalue weighted by Gasteiger charge is 2.39. The van der Waals surface area contributed by atoms with Gasteiger partial charge in [-0.25, -0.2) is 0 Å². The lowest BCUT2D eigenvalue weighted by molar-refractivity contribution is 0.0976. The number of rotatable bonds is 3. The lowest BCUT2D eigenvalue weighted by Gasteiger charge is -2.22. The summed E-state index contributed by atoms with van der Waals surface area (Å²) in [5, 5.41) is 6.40. The maximum Gasteiger partial charge on any atom is 0.257 e. The van der Waals surface area contributed by atoms with Gasteiger partial charge in [-0.1, -0.05) is 24.6 Å². The van der Waals surface area contributed by atoms with Crippen molar-refractivity contribution in [2.24, 2.45) is 17.8 Å². The fourth-order valence-corrected chi connectivity index (χ4v) is 3.84. The van der Waals surface area contributed by atoms with E-state index in [4.69, 9.17) is 12.2 Å². The van der Waals surface area contributed by atoms with Crippen molar-refractivity contribution in [1.29, 1.82) is 0 Å². The van der Waals surface area contributed by atoms with Crippen molar-refractivity contribution in [1.82, 2.24) is 10.6 Å². The molecule has 1 amide bonds. The van der Waals surface area contributed by atoms with Crippen LogP contribution in [-0.2, 0) is 0 Å². The van der Waals surface area contributed by atoms with Gasteiger partial charge in [0.1, 0.15) is 0 Å². The largest absolute Gasteiger partial charge is 0.362 e. The van der Waals surface area contributed by atoms with Crippen molar-refractivity contribution in [2.45, 2.75) is 25.7 Å². The average Bonchev–Trinajstić information content (AvgIpc) is 3.08. The van der Waals surface area contributed by atoms with Crippen LogP contribution < -0.4 is 10.6 Å². The van der Waals surface area contributed by atoms with Gasteiger partial charge in [0.25, 0.3) is 5.91 Å². The third-order valence-corrected chi connectivity index (χ3v) is 4.92. The van der Waals surface area contributed by atoms with Gasteiger partial charge in [0, 0.05) is 12.1 Å². The quantitative estimate of drug-likeness (QED) is 0.840. The summed E-state index contributed by atoms with van der Waals surface area (Å²) in [6.07, 6.45) is 5.51. The molecule has 3 nitrogen and oxygen atoms in total. The normalized spacial score (nSPS) is 27.3. The number of amides is 1. The Kier molecular flexibility index (Phi) is 4.01. The Bertz CT molecular complexity index is 502. The van der Waals surface area contributed by atoms with Gasteiger partial charge in [0.2, 0.25) is 0 Å².